The van der Waals surface area contributed by atoms with Gasteiger partial charge in [-0.3, -0.25) is 5.32 Å². The maximum Gasteiger partial charge on any atom is 0.411 e. The Morgan fingerprint density at radius 3 is 1.96 bits per heavy atom. The van der Waals surface area contributed by atoms with Gasteiger partial charge in [0.15, 0.2) is 0 Å². The predicted molar refractivity (Wildman–Crippen MR) is 95.1 cm³/mol. The van der Waals surface area contributed by atoms with E-state index in [2.05, 4.69) is 52.9 Å². The molecule has 0 spiro atoms. The Morgan fingerprint density at radius 1 is 1.00 bits per heavy atom. The maximum atomic E-state index is 11.9. The number of hydrogen-bond acceptors (Lipinski definition) is 3. The highest BCUT2D eigenvalue weighted by Gasteiger charge is 2.21. The average molecular weight is 321 g/mol. The number of nitrogens with one attached hydrogen (secondary N) is 1. The monoisotopic (exact) mass is 321 g/mol. The topological polar surface area (TPSA) is 58.6 Å². The molecule has 1 aromatic carbocycles. The average Bonchev–Trinajstić information content (AvgIpc) is 2.41. The van der Waals surface area contributed by atoms with Gasteiger partial charge in [-0.15, -0.1) is 0 Å². The van der Waals surface area contributed by atoms with Gasteiger partial charge >= 0.3 is 6.09 Å². The molecule has 4 nitrogen and oxygen atoms in total. The molecule has 0 heterocycles. The Bertz CT molecular complexity index is 492. The molecular weight excluding hydrogens is 290 g/mol. The quantitative estimate of drug-likeness (QED) is 0.779. The molecule has 0 bridgehead atoms. The fourth-order valence-electron chi connectivity index (χ4n) is 2.10. The molecule has 2 N–H and O–H groups in total. The van der Waals surface area contributed by atoms with Gasteiger partial charge < -0.3 is 9.84 Å². The smallest absolute Gasteiger partial charge is 0.411 e. The molecule has 0 fully saturated rings. The van der Waals surface area contributed by atoms with Crippen molar-refractivity contribution < 1.29 is 14.6 Å². The number of unbranched alkanes of at least 4 members (excludes halogenated alkanes) is 1. The Kier molecular flexibility index (Phi) is 6.63. The minimum Gasteiger partial charge on any atom is -0.449 e. The third-order valence-electron chi connectivity index (χ3n) is 3.70. The van der Waals surface area contributed by atoms with Crippen LogP contribution in [0.4, 0.5) is 10.5 Å². The summed E-state index contributed by atoms with van der Waals surface area (Å²) in [5.74, 6) is 0. The molecule has 1 aromatic rings. The summed E-state index contributed by atoms with van der Waals surface area (Å²) >= 11 is 0. The van der Waals surface area contributed by atoms with Crippen LogP contribution in [-0.2, 0) is 15.6 Å². The lowest BCUT2D eigenvalue weighted by Crippen LogP contribution is -2.19. The summed E-state index contributed by atoms with van der Waals surface area (Å²) in [7, 11) is 0. The zero-order chi connectivity index (χ0) is 17.7. The molecule has 0 atom stereocenters. The van der Waals surface area contributed by atoms with Gasteiger partial charge in [0, 0.05) is 12.3 Å². The summed E-state index contributed by atoms with van der Waals surface area (Å²) in [5, 5.41) is 11.5. The van der Waals surface area contributed by atoms with E-state index in [4.69, 9.17) is 9.84 Å². The summed E-state index contributed by atoms with van der Waals surface area (Å²) < 4.78 is 5.14. The summed E-state index contributed by atoms with van der Waals surface area (Å²) in [6.45, 7) is 13.4. The minimum atomic E-state index is -0.450. The first-order valence-electron chi connectivity index (χ1n) is 8.25. The van der Waals surface area contributed by atoms with Gasteiger partial charge in [0.25, 0.3) is 0 Å². The Morgan fingerprint density at radius 2 is 1.52 bits per heavy atom. The minimum absolute atomic E-state index is 0.00270. The van der Waals surface area contributed by atoms with Crippen LogP contribution in [0.1, 0.15) is 65.5 Å². The standard InChI is InChI=1S/C19H31NO3/c1-18(2,3)14-11-15(19(4,5)6)13-16(12-14)20-17(22)23-10-8-7-9-21/h11-13,21H,7-10H2,1-6H3,(H,20,22). The predicted octanol–water partition coefficient (Wildman–Crippen LogP) is 4.60. The van der Waals surface area contributed by atoms with E-state index in [0.29, 0.717) is 19.4 Å². The van der Waals surface area contributed by atoms with Gasteiger partial charge in [-0.2, -0.15) is 0 Å². The molecule has 0 aliphatic rings. The van der Waals surface area contributed by atoms with Gasteiger partial charge in [0.05, 0.1) is 6.61 Å². The molecule has 4 heteroatoms. The van der Waals surface area contributed by atoms with E-state index in [-0.39, 0.29) is 17.4 Å². The Hall–Kier alpha value is -1.55. The largest absolute Gasteiger partial charge is 0.449 e. The lowest BCUT2D eigenvalue weighted by Gasteiger charge is -2.26. The Balaban J connectivity index is 2.91. The highest BCUT2D eigenvalue weighted by Crippen LogP contribution is 2.32. The number of ether oxygens (including phenoxy) is 1. The second-order valence-corrected chi connectivity index (χ2v) is 7.99. The summed E-state index contributed by atoms with van der Waals surface area (Å²) in [6, 6.07) is 6.21. The molecular formula is C19H31NO3. The summed E-state index contributed by atoms with van der Waals surface area (Å²) in [4.78, 5) is 11.9. The molecule has 23 heavy (non-hydrogen) atoms. The number of rotatable bonds is 5. The van der Waals surface area contributed by atoms with Crippen LogP contribution in [0.25, 0.3) is 0 Å². The third kappa shape index (κ3) is 6.61. The molecule has 0 saturated carbocycles. The molecule has 130 valence electrons. The molecule has 0 saturated heterocycles. The lowest BCUT2D eigenvalue weighted by atomic mass is 9.80. The van der Waals surface area contributed by atoms with E-state index in [1.807, 2.05) is 12.1 Å². The van der Waals surface area contributed by atoms with Crippen LogP contribution < -0.4 is 5.32 Å². The fraction of sp³-hybridized carbons (Fsp3) is 0.632. The number of aliphatic hydroxyl groups excluding tert-OH is 1. The van der Waals surface area contributed by atoms with Gasteiger partial charge in [0.1, 0.15) is 0 Å². The molecule has 0 aromatic heterocycles. The second kappa shape index (κ2) is 7.82. The first kappa shape index (κ1) is 19.5. The van der Waals surface area contributed by atoms with Crippen molar-refractivity contribution in [3.63, 3.8) is 0 Å². The first-order valence-corrected chi connectivity index (χ1v) is 8.25. The summed E-state index contributed by atoms with van der Waals surface area (Å²) in [5.41, 5.74) is 3.13. The number of amides is 1. The van der Waals surface area contributed by atoms with Crippen LogP contribution in [0.2, 0.25) is 0 Å². The van der Waals surface area contributed by atoms with Crippen LogP contribution in [0, 0.1) is 0 Å². The van der Waals surface area contributed by atoms with E-state index >= 15 is 0 Å². The van der Waals surface area contributed by atoms with E-state index in [1.54, 1.807) is 0 Å². The summed E-state index contributed by atoms with van der Waals surface area (Å²) in [6.07, 6.45) is 0.856. The van der Waals surface area contributed by atoms with Crippen LogP contribution in [0.3, 0.4) is 0 Å². The molecule has 0 aliphatic heterocycles. The van der Waals surface area contributed by atoms with Crippen molar-refractivity contribution in [2.45, 2.75) is 65.2 Å². The van der Waals surface area contributed by atoms with Gasteiger partial charge in [-0.05, 0) is 46.9 Å². The lowest BCUT2D eigenvalue weighted by molar-refractivity contribution is 0.155. The number of benzene rings is 1. The van der Waals surface area contributed by atoms with Gasteiger partial charge in [0.2, 0.25) is 0 Å². The number of carbonyl (C=O) groups is 1. The van der Waals surface area contributed by atoms with E-state index in [9.17, 15) is 4.79 Å². The zero-order valence-electron chi connectivity index (χ0n) is 15.3. The molecule has 1 rings (SSSR count). The number of carbonyl (C=O) groups excluding carboxylic acids is 1. The zero-order valence-corrected chi connectivity index (χ0v) is 15.3. The van der Waals surface area contributed by atoms with Gasteiger partial charge in [-0.1, -0.05) is 47.6 Å². The maximum absolute atomic E-state index is 11.9. The van der Waals surface area contributed by atoms with Gasteiger partial charge in [-0.25, -0.2) is 4.79 Å². The van der Waals surface area contributed by atoms with Crippen molar-refractivity contribution >= 4 is 11.8 Å². The van der Waals surface area contributed by atoms with Crippen LogP contribution in [0.5, 0.6) is 0 Å². The molecule has 1 amide bonds. The van der Waals surface area contributed by atoms with Crippen molar-refractivity contribution in [2.24, 2.45) is 0 Å². The van der Waals surface area contributed by atoms with Crippen molar-refractivity contribution in [1.82, 2.24) is 0 Å². The van der Waals surface area contributed by atoms with E-state index in [1.165, 1.54) is 11.1 Å². The normalized spacial score (nSPS) is 12.1. The molecule has 0 unspecified atom stereocenters. The number of hydrogen-bond donors (Lipinski definition) is 2. The molecule has 0 radical (unpaired) electrons. The fourth-order valence-corrected chi connectivity index (χ4v) is 2.10. The third-order valence-corrected chi connectivity index (χ3v) is 3.70. The van der Waals surface area contributed by atoms with Crippen molar-refractivity contribution in [3.05, 3.63) is 29.3 Å². The second-order valence-electron chi connectivity index (χ2n) is 7.99. The SMILES string of the molecule is CC(C)(C)c1cc(NC(=O)OCCCCO)cc(C(C)(C)C)c1. The first-order chi connectivity index (χ1) is 10.5. The molecule has 0 aliphatic carbocycles. The van der Waals surface area contributed by atoms with Crippen molar-refractivity contribution in [3.8, 4) is 0 Å². The highest BCUT2D eigenvalue weighted by molar-refractivity contribution is 5.85. The number of anilines is 1. The van der Waals surface area contributed by atoms with E-state index < -0.39 is 6.09 Å². The van der Waals surface area contributed by atoms with Crippen LogP contribution in [0.15, 0.2) is 18.2 Å². The number of aliphatic hydroxyl groups is 1. The highest BCUT2D eigenvalue weighted by atomic mass is 16.5. The van der Waals surface area contributed by atoms with Crippen molar-refractivity contribution in [2.75, 3.05) is 18.5 Å². The van der Waals surface area contributed by atoms with Crippen molar-refractivity contribution in [1.29, 1.82) is 0 Å². The Labute approximate surface area is 140 Å². The van der Waals surface area contributed by atoms with E-state index in [0.717, 1.165) is 5.69 Å². The van der Waals surface area contributed by atoms with Crippen LogP contribution in [-0.4, -0.2) is 24.4 Å². The van der Waals surface area contributed by atoms with Crippen LogP contribution >= 0.6 is 0 Å².